The molecule has 0 spiro atoms. The third-order valence-electron chi connectivity index (χ3n) is 6.99. The highest BCUT2D eigenvalue weighted by atomic mass is 16.3. The number of nitrogens with two attached hydrogens (primary N) is 1. The Bertz CT molecular complexity index is 810. The maximum atomic E-state index is 12.4. The van der Waals surface area contributed by atoms with Crippen molar-refractivity contribution in [3.8, 4) is 11.8 Å². The number of nitrogens with one attached hydrogen (secondary N) is 3. The van der Waals surface area contributed by atoms with Crippen LogP contribution in [0.4, 0.5) is 0 Å². The zero-order valence-electron chi connectivity index (χ0n) is 23.5. The SMILES string of the molecule is CCCC(C)CNC(=NC)NCCCC(N)C(=O)NCCCc1cc(O)n(C(C)(CC)CCC)c1O. The van der Waals surface area contributed by atoms with Gasteiger partial charge in [0.1, 0.15) is 0 Å². The van der Waals surface area contributed by atoms with Crippen LogP contribution >= 0.6 is 0 Å². The zero-order valence-corrected chi connectivity index (χ0v) is 23.5. The Balaban J connectivity index is 2.37. The van der Waals surface area contributed by atoms with Crippen LogP contribution in [0.25, 0.3) is 0 Å². The van der Waals surface area contributed by atoms with Crippen LogP contribution in [0.1, 0.15) is 91.5 Å². The molecule has 0 aliphatic rings. The van der Waals surface area contributed by atoms with Crippen molar-refractivity contribution in [1.29, 1.82) is 0 Å². The molecule has 1 aromatic rings. The van der Waals surface area contributed by atoms with Gasteiger partial charge in [0.2, 0.25) is 5.91 Å². The van der Waals surface area contributed by atoms with Crippen LogP contribution in [0.5, 0.6) is 11.8 Å². The molecule has 0 radical (unpaired) electrons. The number of guanidine groups is 1. The summed E-state index contributed by atoms with van der Waals surface area (Å²) in [5.41, 5.74) is 6.43. The van der Waals surface area contributed by atoms with Gasteiger partial charge >= 0.3 is 0 Å². The second-order valence-electron chi connectivity index (χ2n) is 10.2. The number of aliphatic imine (C=N–C) groups is 1. The molecule has 3 unspecified atom stereocenters. The lowest BCUT2D eigenvalue weighted by Crippen LogP contribution is -2.42. The number of carbonyl (C=O) groups is 1. The Morgan fingerprint density at radius 1 is 1.11 bits per heavy atom. The molecule has 0 aliphatic heterocycles. The predicted molar refractivity (Wildman–Crippen MR) is 149 cm³/mol. The van der Waals surface area contributed by atoms with Crippen molar-refractivity contribution in [2.24, 2.45) is 16.6 Å². The van der Waals surface area contributed by atoms with Gasteiger partial charge in [-0.05, 0) is 57.8 Å². The highest BCUT2D eigenvalue weighted by molar-refractivity contribution is 5.81. The molecule has 0 saturated carbocycles. The van der Waals surface area contributed by atoms with E-state index in [0.29, 0.717) is 43.8 Å². The summed E-state index contributed by atoms with van der Waals surface area (Å²) in [6, 6.07) is 1.07. The number of aryl methyl sites for hydroxylation is 1. The van der Waals surface area contributed by atoms with Crippen LogP contribution in [0.2, 0.25) is 0 Å². The van der Waals surface area contributed by atoms with Gasteiger partial charge < -0.3 is 31.9 Å². The van der Waals surface area contributed by atoms with E-state index in [0.717, 1.165) is 38.2 Å². The molecule has 9 nitrogen and oxygen atoms in total. The Morgan fingerprint density at radius 3 is 2.42 bits per heavy atom. The number of hydrogen-bond donors (Lipinski definition) is 6. The summed E-state index contributed by atoms with van der Waals surface area (Å²) >= 11 is 0. The van der Waals surface area contributed by atoms with Crippen LogP contribution in [0.3, 0.4) is 0 Å². The molecule has 208 valence electrons. The number of aromatic hydroxyl groups is 2. The van der Waals surface area contributed by atoms with Gasteiger partial charge in [-0.3, -0.25) is 14.4 Å². The van der Waals surface area contributed by atoms with Gasteiger partial charge in [-0.1, -0.05) is 40.5 Å². The summed E-state index contributed by atoms with van der Waals surface area (Å²) in [5, 5.41) is 30.7. The van der Waals surface area contributed by atoms with Crippen LogP contribution in [0.15, 0.2) is 11.1 Å². The van der Waals surface area contributed by atoms with Crippen molar-refractivity contribution < 1.29 is 15.0 Å². The lowest BCUT2D eigenvalue weighted by Gasteiger charge is -2.31. The summed E-state index contributed by atoms with van der Waals surface area (Å²) in [6.45, 7) is 12.7. The maximum absolute atomic E-state index is 12.4. The van der Waals surface area contributed by atoms with Crippen molar-refractivity contribution in [2.45, 2.75) is 104 Å². The first-order valence-corrected chi connectivity index (χ1v) is 13.7. The molecular formula is C27H52N6O3. The number of rotatable bonds is 17. The molecule has 3 atom stereocenters. The van der Waals surface area contributed by atoms with Gasteiger partial charge in [0, 0.05) is 43.9 Å². The standard InChI is InChI=1S/C27H52N6O3/c1-7-12-20(4)19-32-26(29-6)31-17-11-14-22(28)24(35)30-16-10-13-21-18-23(34)33(25(21)36)27(5,9-3)15-8-2/h18,20,22,34,36H,7-17,19,28H2,1-6H3,(H,30,35)(H2,29,31,32). The molecule has 1 rings (SSSR count). The van der Waals surface area contributed by atoms with Crippen molar-refractivity contribution in [3.05, 3.63) is 11.6 Å². The van der Waals surface area contributed by atoms with Crippen molar-refractivity contribution in [3.63, 3.8) is 0 Å². The normalized spacial score (nSPS) is 15.2. The third-order valence-corrected chi connectivity index (χ3v) is 6.99. The Morgan fingerprint density at radius 2 is 1.81 bits per heavy atom. The van der Waals surface area contributed by atoms with E-state index < -0.39 is 6.04 Å². The highest BCUT2D eigenvalue weighted by Gasteiger charge is 2.30. The minimum Gasteiger partial charge on any atom is -0.494 e. The molecular weight excluding hydrogens is 456 g/mol. The molecule has 0 bridgehead atoms. The molecule has 1 aromatic heterocycles. The zero-order chi connectivity index (χ0) is 27.1. The van der Waals surface area contributed by atoms with E-state index in [1.165, 1.54) is 12.8 Å². The van der Waals surface area contributed by atoms with Crippen molar-refractivity contribution >= 4 is 11.9 Å². The summed E-state index contributed by atoms with van der Waals surface area (Å²) in [7, 11) is 1.75. The first-order valence-electron chi connectivity index (χ1n) is 13.7. The van der Waals surface area contributed by atoms with E-state index in [-0.39, 0.29) is 23.2 Å². The minimum absolute atomic E-state index is 0.0851. The second-order valence-corrected chi connectivity index (χ2v) is 10.2. The Kier molecular flexibility index (Phi) is 14.4. The average molecular weight is 509 g/mol. The van der Waals surface area contributed by atoms with Gasteiger partial charge in [-0.25, -0.2) is 0 Å². The quantitative estimate of drug-likeness (QED) is 0.108. The molecule has 0 aromatic carbocycles. The molecule has 1 amide bonds. The second kappa shape index (κ2) is 16.3. The van der Waals surface area contributed by atoms with Crippen molar-refractivity contribution in [1.82, 2.24) is 20.5 Å². The first kappa shape index (κ1) is 31.6. The predicted octanol–water partition coefficient (Wildman–Crippen LogP) is 3.58. The van der Waals surface area contributed by atoms with E-state index in [1.807, 2.05) is 0 Å². The van der Waals surface area contributed by atoms with E-state index >= 15 is 0 Å². The average Bonchev–Trinajstić information content (AvgIpc) is 3.14. The van der Waals surface area contributed by atoms with E-state index in [2.05, 4.69) is 55.6 Å². The van der Waals surface area contributed by atoms with E-state index in [9.17, 15) is 15.0 Å². The molecule has 7 N–H and O–H groups in total. The fraction of sp³-hybridized carbons (Fsp3) is 0.778. The first-order chi connectivity index (χ1) is 17.1. The lowest BCUT2D eigenvalue weighted by molar-refractivity contribution is -0.122. The number of amides is 1. The molecule has 36 heavy (non-hydrogen) atoms. The third kappa shape index (κ3) is 9.91. The number of carbonyl (C=O) groups excluding carboxylic acids is 1. The molecule has 0 aliphatic carbocycles. The molecule has 1 heterocycles. The lowest BCUT2D eigenvalue weighted by atomic mass is 9.92. The smallest absolute Gasteiger partial charge is 0.236 e. The largest absolute Gasteiger partial charge is 0.494 e. The van der Waals surface area contributed by atoms with Crippen LogP contribution in [0, 0.1) is 5.92 Å². The fourth-order valence-electron chi connectivity index (χ4n) is 4.61. The topological polar surface area (TPSA) is 137 Å². The maximum Gasteiger partial charge on any atom is 0.236 e. The molecule has 0 fully saturated rings. The number of nitrogens with zero attached hydrogens (tertiary/aromatic N) is 2. The van der Waals surface area contributed by atoms with E-state index in [1.54, 1.807) is 17.7 Å². The van der Waals surface area contributed by atoms with Crippen molar-refractivity contribution in [2.75, 3.05) is 26.7 Å². The Labute approximate surface area is 218 Å². The summed E-state index contributed by atoms with van der Waals surface area (Å²) in [5.74, 6) is 1.40. The van der Waals surface area contributed by atoms with Crippen LogP contribution < -0.4 is 21.7 Å². The summed E-state index contributed by atoms with van der Waals surface area (Å²) in [6.07, 6.45) is 7.52. The monoisotopic (exact) mass is 508 g/mol. The van der Waals surface area contributed by atoms with Gasteiger partial charge in [0.05, 0.1) is 6.04 Å². The fourth-order valence-corrected chi connectivity index (χ4v) is 4.61. The molecule has 0 saturated heterocycles. The summed E-state index contributed by atoms with van der Waals surface area (Å²) in [4.78, 5) is 16.6. The summed E-state index contributed by atoms with van der Waals surface area (Å²) < 4.78 is 1.64. The van der Waals surface area contributed by atoms with Gasteiger partial charge in [0.25, 0.3) is 0 Å². The molecule has 9 heteroatoms. The van der Waals surface area contributed by atoms with E-state index in [4.69, 9.17) is 5.73 Å². The Hall–Kier alpha value is -2.42. The van der Waals surface area contributed by atoms with Gasteiger partial charge in [-0.2, -0.15) is 0 Å². The van der Waals surface area contributed by atoms with Gasteiger partial charge in [-0.15, -0.1) is 0 Å². The van der Waals surface area contributed by atoms with Crippen LogP contribution in [-0.4, -0.2) is 59.4 Å². The highest BCUT2D eigenvalue weighted by Crippen LogP contribution is 2.39. The number of aromatic nitrogens is 1. The van der Waals surface area contributed by atoms with Crippen LogP contribution in [-0.2, 0) is 16.8 Å². The number of hydrogen-bond acceptors (Lipinski definition) is 5. The van der Waals surface area contributed by atoms with Gasteiger partial charge in [0.15, 0.2) is 17.7 Å². The minimum atomic E-state index is -0.566.